The van der Waals surface area contributed by atoms with Gasteiger partial charge < -0.3 is 19.6 Å². The van der Waals surface area contributed by atoms with E-state index in [2.05, 4.69) is 11.8 Å². The van der Waals surface area contributed by atoms with Crippen LogP contribution in [0, 0.1) is 17.8 Å². The largest absolute Gasteiger partial charge is 0.394 e. The van der Waals surface area contributed by atoms with Gasteiger partial charge in [-0.3, -0.25) is 9.59 Å². The number of rotatable bonds is 4. The lowest BCUT2D eigenvalue weighted by molar-refractivity contribution is -0.168. The lowest BCUT2D eigenvalue weighted by Crippen LogP contribution is -2.73. The second-order valence-corrected chi connectivity index (χ2v) is 8.55. The van der Waals surface area contributed by atoms with E-state index in [4.69, 9.17) is 4.74 Å². The first kappa shape index (κ1) is 20.9. The van der Waals surface area contributed by atoms with Gasteiger partial charge in [-0.1, -0.05) is 43.2 Å². The molecule has 3 fully saturated rings. The standard InChI is InChI=1S/C24H30N2O4/c1-30-13-5-6-17-9-11-18(12-10-17)23-20-14-25(15-22(28)26(20)21(23)16-27)24(29)19-7-3-2-4-8-19/h9-12,19-21,23,27H,2-4,7-8,13-16H2,1H3/t20-,21-,23+/m0/s1. The molecule has 0 radical (unpaired) electrons. The number of ether oxygens (including phenoxy) is 1. The Morgan fingerprint density at radius 1 is 1.20 bits per heavy atom. The highest BCUT2D eigenvalue weighted by Gasteiger charge is 2.54. The minimum absolute atomic E-state index is 0.0295. The van der Waals surface area contributed by atoms with E-state index in [-0.39, 0.29) is 48.9 Å². The zero-order valence-electron chi connectivity index (χ0n) is 17.5. The minimum atomic E-state index is -0.222. The van der Waals surface area contributed by atoms with Gasteiger partial charge in [0.15, 0.2) is 0 Å². The first-order chi connectivity index (χ1) is 14.6. The van der Waals surface area contributed by atoms with Crippen molar-refractivity contribution in [3.05, 3.63) is 35.4 Å². The number of methoxy groups -OCH3 is 1. The molecule has 0 unspecified atom stereocenters. The van der Waals surface area contributed by atoms with Crippen LogP contribution in [-0.4, -0.2) is 72.2 Å². The SMILES string of the molecule is COCC#Cc1ccc([C@H]2[C@H](CO)N3C(=O)CN(C(=O)C4CCCCC4)C[C@@H]23)cc1. The van der Waals surface area contributed by atoms with Gasteiger partial charge in [-0.05, 0) is 30.5 Å². The highest BCUT2D eigenvalue weighted by atomic mass is 16.5. The maximum absolute atomic E-state index is 13.0. The van der Waals surface area contributed by atoms with Crippen molar-refractivity contribution < 1.29 is 19.4 Å². The van der Waals surface area contributed by atoms with Gasteiger partial charge in [0.25, 0.3) is 0 Å². The Kier molecular flexibility index (Phi) is 6.40. The molecule has 4 rings (SSSR count). The summed E-state index contributed by atoms with van der Waals surface area (Å²) in [5.41, 5.74) is 1.98. The van der Waals surface area contributed by atoms with Crippen LogP contribution in [0.3, 0.4) is 0 Å². The van der Waals surface area contributed by atoms with E-state index >= 15 is 0 Å². The number of aliphatic hydroxyl groups excluding tert-OH is 1. The van der Waals surface area contributed by atoms with Gasteiger partial charge in [0.05, 0.1) is 25.2 Å². The zero-order valence-corrected chi connectivity index (χ0v) is 17.5. The Morgan fingerprint density at radius 3 is 2.60 bits per heavy atom. The van der Waals surface area contributed by atoms with Crippen molar-refractivity contribution >= 4 is 11.8 Å². The molecular formula is C24H30N2O4. The highest BCUT2D eigenvalue weighted by Crippen LogP contribution is 2.43. The van der Waals surface area contributed by atoms with Gasteiger partial charge in [-0.25, -0.2) is 0 Å². The number of piperazine rings is 1. The minimum Gasteiger partial charge on any atom is -0.394 e. The fourth-order valence-electron chi connectivity index (χ4n) is 5.27. The summed E-state index contributed by atoms with van der Waals surface area (Å²) in [5, 5.41) is 9.94. The lowest BCUT2D eigenvalue weighted by Gasteiger charge is -2.59. The van der Waals surface area contributed by atoms with Crippen LogP contribution in [0.25, 0.3) is 0 Å². The van der Waals surface area contributed by atoms with Gasteiger partial charge >= 0.3 is 0 Å². The second-order valence-electron chi connectivity index (χ2n) is 8.55. The van der Waals surface area contributed by atoms with E-state index in [1.807, 2.05) is 24.3 Å². The molecule has 1 N–H and O–H groups in total. The number of nitrogens with zero attached hydrogens (tertiary/aromatic N) is 2. The second kappa shape index (κ2) is 9.20. The third-order valence-corrected chi connectivity index (χ3v) is 6.76. The molecule has 0 bridgehead atoms. The number of fused-ring (bicyclic) bond motifs is 1. The summed E-state index contributed by atoms with van der Waals surface area (Å²) in [6, 6.07) is 7.68. The molecule has 1 aromatic rings. The van der Waals surface area contributed by atoms with Crippen molar-refractivity contribution in [2.24, 2.45) is 5.92 Å². The van der Waals surface area contributed by atoms with Crippen LogP contribution in [0.1, 0.15) is 49.1 Å². The Balaban J connectivity index is 1.49. The number of carbonyl (C=O) groups excluding carboxylic acids is 2. The molecule has 2 heterocycles. The molecule has 2 amide bonds. The van der Waals surface area contributed by atoms with E-state index in [1.165, 1.54) is 6.42 Å². The summed E-state index contributed by atoms with van der Waals surface area (Å²) in [7, 11) is 1.61. The van der Waals surface area contributed by atoms with E-state index in [0.29, 0.717) is 13.2 Å². The lowest BCUT2D eigenvalue weighted by atomic mass is 9.73. The molecule has 2 saturated heterocycles. The van der Waals surface area contributed by atoms with E-state index in [9.17, 15) is 14.7 Å². The number of aliphatic hydroxyl groups is 1. The number of benzene rings is 1. The molecule has 6 heteroatoms. The maximum atomic E-state index is 13.0. The number of amides is 2. The molecule has 160 valence electrons. The van der Waals surface area contributed by atoms with Crippen LogP contribution in [0.15, 0.2) is 24.3 Å². The molecule has 1 aliphatic carbocycles. The normalized spacial score (nSPS) is 26.5. The third-order valence-electron chi connectivity index (χ3n) is 6.76. The van der Waals surface area contributed by atoms with Gasteiger partial charge in [-0.2, -0.15) is 0 Å². The molecule has 1 saturated carbocycles. The smallest absolute Gasteiger partial charge is 0.242 e. The molecule has 3 aliphatic rings. The van der Waals surface area contributed by atoms with Gasteiger partial charge in [0.2, 0.25) is 11.8 Å². The number of hydrogen-bond acceptors (Lipinski definition) is 4. The van der Waals surface area contributed by atoms with Crippen molar-refractivity contribution in [2.45, 2.75) is 50.1 Å². The van der Waals surface area contributed by atoms with E-state index < -0.39 is 0 Å². The molecular weight excluding hydrogens is 380 g/mol. The zero-order chi connectivity index (χ0) is 21.1. The number of hydrogen-bond donors (Lipinski definition) is 1. The van der Waals surface area contributed by atoms with E-state index in [1.54, 1.807) is 16.9 Å². The van der Waals surface area contributed by atoms with Crippen molar-refractivity contribution in [3.63, 3.8) is 0 Å². The average Bonchev–Trinajstić information content (AvgIpc) is 2.76. The van der Waals surface area contributed by atoms with Crippen LogP contribution in [0.4, 0.5) is 0 Å². The van der Waals surface area contributed by atoms with Crippen LogP contribution < -0.4 is 0 Å². The first-order valence-corrected chi connectivity index (χ1v) is 10.9. The Hall–Kier alpha value is -2.36. The highest BCUT2D eigenvalue weighted by molar-refractivity contribution is 5.88. The first-order valence-electron chi connectivity index (χ1n) is 10.9. The molecule has 1 aromatic carbocycles. The van der Waals surface area contributed by atoms with Gasteiger partial charge in [0, 0.05) is 31.1 Å². The van der Waals surface area contributed by atoms with Crippen LogP contribution in [0.5, 0.6) is 0 Å². The van der Waals surface area contributed by atoms with Gasteiger partial charge in [-0.15, -0.1) is 0 Å². The molecule has 30 heavy (non-hydrogen) atoms. The molecule has 3 atom stereocenters. The predicted molar refractivity (Wildman–Crippen MR) is 113 cm³/mol. The molecule has 0 spiro atoms. The summed E-state index contributed by atoms with van der Waals surface area (Å²) in [6.45, 7) is 1.01. The van der Waals surface area contributed by atoms with E-state index in [0.717, 1.165) is 36.8 Å². The van der Waals surface area contributed by atoms with Crippen molar-refractivity contribution in [2.75, 3.05) is 33.4 Å². The number of carbonyl (C=O) groups is 2. The van der Waals surface area contributed by atoms with Crippen LogP contribution in [-0.2, 0) is 14.3 Å². The summed E-state index contributed by atoms with van der Waals surface area (Å²) >= 11 is 0. The molecule has 0 aromatic heterocycles. The summed E-state index contributed by atoms with van der Waals surface area (Å²) < 4.78 is 4.95. The Labute approximate surface area is 178 Å². The summed E-state index contributed by atoms with van der Waals surface area (Å²) in [5.74, 6) is 6.17. The molecule has 2 aliphatic heterocycles. The van der Waals surface area contributed by atoms with Crippen molar-refractivity contribution in [1.29, 1.82) is 0 Å². The monoisotopic (exact) mass is 410 g/mol. The Morgan fingerprint density at radius 2 is 1.93 bits per heavy atom. The predicted octanol–water partition coefficient (Wildman–Crippen LogP) is 1.76. The Bertz CT molecular complexity index is 835. The maximum Gasteiger partial charge on any atom is 0.242 e. The topological polar surface area (TPSA) is 70.1 Å². The summed E-state index contributed by atoms with van der Waals surface area (Å²) in [4.78, 5) is 29.4. The van der Waals surface area contributed by atoms with Crippen molar-refractivity contribution in [1.82, 2.24) is 9.80 Å². The fourth-order valence-corrected chi connectivity index (χ4v) is 5.27. The van der Waals surface area contributed by atoms with Gasteiger partial charge in [0.1, 0.15) is 6.61 Å². The van der Waals surface area contributed by atoms with Crippen molar-refractivity contribution in [3.8, 4) is 11.8 Å². The third kappa shape index (κ3) is 3.97. The van der Waals surface area contributed by atoms with Crippen LogP contribution in [0.2, 0.25) is 0 Å². The molecule has 6 nitrogen and oxygen atoms in total. The summed E-state index contributed by atoms with van der Waals surface area (Å²) in [6.07, 6.45) is 5.27. The quantitative estimate of drug-likeness (QED) is 0.768. The van der Waals surface area contributed by atoms with Crippen LogP contribution >= 0.6 is 0 Å². The average molecular weight is 411 g/mol. The fraction of sp³-hybridized carbons (Fsp3) is 0.583.